The van der Waals surface area contributed by atoms with Crippen LogP contribution in [-0.4, -0.2) is 15.8 Å². The van der Waals surface area contributed by atoms with Crippen molar-refractivity contribution in [2.45, 2.75) is 6.92 Å². The topological polar surface area (TPSA) is 67.1 Å². The molecule has 0 aliphatic heterocycles. The van der Waals surface area contributed by atoms with E-state index >= 15 is 0 Å². The lowest BCUT2D eigenvalue weighted by atomic mass is 10.7. The maximum atomic E-state index is 5.27. The molecule has 0 unspecified atom stereocenters. The average molecular weight is 124 g/mol. The standard InChI is InChI=1S/C5H8N4/c1-4(6)9-5-7-2-3-8-5/h2-3H,1H3,(H3,6,7,8,9). The fraction of sp³-hybridized carbons (Fsp3) is 0.200. The zero-order valence-electron chi connectivity index (χ0n) is 5.13. The summed E-state index contributed by atoms with van der Waals surface area (Å²) in [4.78, 5) is 10.5. The van der Waals surface area contributed by atoms with Gasteiger partial charge in [0, 0.05) is 12.4 Å². The van der Waals surface area contributed by atoms with Crippen LogP contribution in [0.4, 0.5) is 5.95 Å². The van der Waals surface area contributed by atoms with Gasteiger partial charge in [0.05, 0.1) is 5.84 Å². The van der Waals surface area contributed by atoms with Crippen LogP contribution in [-0.2, 0) is 0 Å². The van der Waals surface area contributed by atoms with E-state index < -0.39 is 0 Å². The quantitative estimate of drug-likeness (QED) is 0.420. The van der Waals surface area contributed by atoms with Gasteiger partial charge in [-0.2, -0.15) is 0 Å². The Kier molecular flexibility index (Phi) is 1.48. The summed E-state index contributed by atoms with van der Waals surface area (Å²) in [7, 11) is 0. The van der Waals surface area contributed by atoms with Gasteiger partial charge in [-0.05, 0) is 6.92 Å². The molecule has 9 heavy (non-hydrogen) atoms. The Balaban J connectivity index is 2.80. The Bertz CT molecular complexity index is 195. The van der Waals surface area contributed by atoms with Crippen LogP contribution in [0.5, 0.6) is 0 Å². The smallest absolute Gasteiger partial charge is 0.228 e. The molecule has 4 heteroatoms. The molecule has 0 amide bonds. The van der Waals surface area contributed by atoms with Crippen LogP contribution < -0.4 is 5.73 Å². The molecule has 0 bridgehead atoms. The van der Waals surface area contributed by atoms with Crippen molar-refractivity contribution < 1.29 is 0 Å². The average Bonchev–Trinajstić information content (AvgIpc) is 2.15. The largest absolute Gasteiger partial charge is 0.387 e. The van der Waals surface area contributed by atoms with Gasteiger partial charge in [0.15, 0.2) is 0 Å². The second kappa shape index (κ2) is 2.30. The van der Waals surface area contributed by atoms with Crippen molar-refractivity contribution in [2.75, 3.05) is 0 Å². The molecule has 0 aliphatic carbocycles. The SMILES string of the molecule is C/C(N)=N/c1ncc[nH]1. The number of hydrogen-bond acceptors (Lipinski definition) is 2. The van der Waals surface area contributed by atoms with E-state index in [0.29, 0.717) is 11.8 Å². The molecule has 1 rings (SSSR count). The molecule has 0 saturated heterocycles. The number of hydrogen-bond donors (Lipinski definition) is 2. The third-order valence-electron chi connectivity index (χ3n) is 0.766. The summed E-state index contributed by atoms with van der Waals surface area (Å²) in [6.07, 6.45) is 3.32. The summed E-state index contributed by atoms with van der Waals surface area (Å²) in [6, 6.07) is 0. The van der Waals surface area contributed by atoms with E-state index in [1.807, 2.05) is 0 Å². The Morgan fingerprint density at radius 3 is 3.11 bits per heavy atom. The molecule has 0 atom stereocenters. The second-order valence-electron chi connectivity index (χ2n) is 1.67. The van der Waals surface area contributed by atoms with E-state index in [4.69, 9.17) is 5.73 Å². The van der Waals surface area contributed by atoms with Crippen LogP contribution in [0.1, 0.15) is 6.92 Å². The van der Waals surface area contributed by atoms with Crippen LogP contribution in [0.3, 0.4) is 0 Å². The monoisotopic (exact) mass is 124 g/mol. The number of rotatable bonds is 1. The van der Waals surface area contributed by atoms with Crippen molar-refractivity contribution in [3.8, 4) is 0 Å². The Labute approximate surface area is 52.8 Å². The predicted molar refractivity (Wildman–Crippen MR) is 35.5 cm³/mol. The zero-order valence-corrected chi connectivity index (χ0v) is 5.13. The zero-order chi connectivity index (χ0) is 6.69. The van der Waals surface area contributed by atoms with E-state index in [0.717, 1.165) is 0 Å². The van der Waals surface area contributed by atoms with Gasteiger partial charge in [-0.1, -0.05) is 0 Å². The molecule has 48 valence electrons. The van der Waals surface area contributed by atoms with E-state index in [1.165, 1.54) is 0 Å². The highest BCUT2D eigenvalue weighted by molar-refractivity contribution is 5.79. The van der Waals surface area contributed by atoms with Crippen LogP contribution in [0.2, 0.25) is 0 Å². The molecule has 4 nitrogen and oxygen atoms in total. The normalized spacial score (nSPS) is 11.9. The molecule has 1 aromatic rings. The molecule has 0 aliphatic rings. The fourth-order valence-electron chi connectivity index (χ4n) is 0.485. The lowest BCUT2D eigenvalue weighted by molar-refractivity contribution is 1.23. The molecule has 0 saturated carbocycles. The van der Waals surface area contributed by atoms with Crippen LogP contribution >= 0.6 is 0 Å². The van der Waals surface area contributed by atoms with Gasteiger partial charge < -0.3 is 10.7 Å². The van der Waals surface area contributed by atoms with Crippen molar-refractivity contribution in [1.29, 1.82) is 0 Å². The fourth-order valence-corrected chi connectivity index (χ4v) is 0.485. The Morgan fingerprint density at radius 2 is 2.67 bits per heavy atom. The van der Waals surface area contributed by atoms with E-state index in [2.05, 4.69) is 15.0 Å². The van der Waals surface area contributed by atoms with Crippen molar-refractivity contribution in [1.82, 2.24) is 9.97 Å². The molecule has 0 radical (unpaired) electrons. The van der Waals surface area contributed by atoms with E-state index in [9.17, 15) is 0 Å². The lowest BCUT2D eigenvalue weighted by Crippen LogP contribution is -2.03. The van der Waals surface area contributed by atoms with Gasteiger partial charge in [0.25, 0.3) is 0 Å². The molecular formula is C5H8N4. The van der Waals surface area contributed by atoms with Gasteiger partial charge in [-0.3, -0.25) is 0 Å². The number of nitrogens with one attached hydrogen (secondary N) is 1. The number of aliphatic imine (C=N–C) groups is 1. The minimum atomic E-state index is 0.505. The maximum absolute atomic E-state index is 5.27. The predicted octanol–water partition coefficient (Wildman–Crippen LogP) is 0.418. The molecule has 1 heterocycles. The molecule has 0 fully saturated rings. The first-order valence-electron chi connectivity index (χ1n) is 2.59. The summed E-state index contributed by atoms with van der Waals surface area (Å²) in [5, 5.41) is 0. The first-order chi connectivity index (χ1) is 4.29. The highest BCUT2D eigenvalue weighted by atomic mass is 15.1. The van der Waals surface area contributed by atoms with Gasteiger partial charge in [-0.25, -0.2) is 9.98 Å². The second-order valence-corrected chi connectivity index (χ2v) is 1.67. The number of aromatic amines is 1. The highest BCUT2D eigenvalue weighted by Gasteiger charge is 1.86. The highest BCUT2D eigenvalue weighted by Crippen LogP contribution is 1.98. The summed E-state index contributed by atoms with van der Waals surface area (Å²) < 4.78 is 0. The third kappa shape index (κ3) is 1.56. The number of nitrogens with two attached hydrogens (primary N) is 1. The molecule has 1 aromatic heterocycles. The van der Waals surface area contributed by atoms with Crippen molar-refractivity contribution in [3.05, 3.63) is 12.4 Å². The van der Waals surface area contributed by atoms with Crippen LogP contribution in [0, 0.1) is 0 Å². The lowest BCUT2D eigenvalue weighted by Gasteiger charge is -1.84. The summed E-state index contributed by atoms with van der Waals surface area (Å²) in [6.45, 7) is 1.71. The van der Waals surface area contributed by atoms with Crippen molar-refractivity contribution >= 4 is 11.8 Å². The summed E-state index contributed by atoms with van der Waals surface area (Å²) in [5.74, 6) is 1.06. The van der Waals surface area contributed by atoms with Crippen molar-refractivity contribution in [2.24, 2.45) is 10.7 Å². The Morgan fingerprint density at radius 1 is 1.89 bits per heavy atom. The van der Waals surface area contributed by atoms with Gasteiger partial charge in [0.2, 0.25) is 5.95 Å². The van der Waals surface area contributed by atoms with Gasteiger partial charge in [0.1, 0.15) is 0 Å². The molecular weight excluding hydrogens is 116 g/mol. The van der Waals surface area contributed by atoms with Crippen LogP contribution in [0.15, 0.2) is 17.4 Å². The molecule has 0 spiro atoms. The number of H-pyrrole nitrogens is 1. The first-order valence-corrected chi connectivity index (χ1v) is 2.59. The maximum Gasteiger partial charge on any atom is 0.228 e. The number of aromatic nitrogens is 2. The van der Waals surface area contributed by atoms with E-state index in [-0.39, 0.29) is 0 Å². The van der Waals surface area contributed by atoms with E-state index in [1.54, 1.807) is 19.3 Å². The summed E-state index contributed by atoms with van der Waals surface area (Å²) >= 11 is 0. The minimum absolute atomic E-state index is 0.505. The minimum Gasteiger partial charge on any atom is -0.387 e. The number of amidine groups is 1. The molecule has 3 N–H and O–H groups in total. The van der Waals surface area contributed by atoms with Gasteiger partial charge in [-0.15, -0.1) is 0 Å². The van der Waals surface area contributed by atoms with Gasteiger partial charge >= 0.3 is 0 Å². The number of imidazole rings is 1. The Hall–Kier alpha value is -1.32. The third-order valence-corrected chi connectivity index (χ3v) is 0.766. The van der Waals surface area contributed by atoms with Crippen LogP contribution in [0.25, 0.3) is 0 Å². The first kappa shape index (κ1) is 5.81. The summed E-state index contributed by atoms with van der Waals surface area (Å²) in [5.41, 5.74) is 5.27. The van der Waals surface area contributed by atoms with Crippen molar-refractivity contribution in [3.63, 3.8) is 0 Å². The molecule has 0 aromatic carbocycles. The number of nitrogens with zero attached hydrogens (tertiary/aromatic N) is 2.